The van der Waals surface area contributed by atoms with Gasteiger partial charge in [-0.3, -0.25) is 0 Å². The van der Waals surface area contributed by atoms with Gasteiger partial charge in [0.15, 0.2) is 5.52 Å². The smallest absolute Gasteiger partial charge is 0.287 e. The maximum absolute atomic E-state index is 6.29. The zero-order valence-corrected chi connectivity index (χ0v) is 14.2. The minimum atomic E-state index is 0.922. The van der Waals surface area contributed by atoms with Gasteiger partial charge in [0.05, 0.1) is 18.0 Å². The van der Waals surface area contributed by atoms with Crippen molar-refractivity contribution in [1.82, 2.24) is 4.98 Å². The second-order valence-electron chi connectivity index (χ2n) is 6.45. The molecule has 0 saturated heterocycles. The predicted molar refractivity (Wildman–Crippen MR) is 100 cm³/mol. The summed E-state index contributed by atoms with van der Waals surface area (Å²) in [6, 6.07) is 20.8. The Kier molecular flexibility index (Phi) is 2.92. The van der Waals surface area contributed by atoms with E-state index in [0.717, 1.165) is 44.1 Å². The van der Waals surface area contributed by atoms with E-state index >= 15 is 0 Å². The topological polar surface area (TPSA) is 29.9 Å². The van der Waals surface area contributed by atoms with Crippen LogP contribution in [0.25, 0.3) is 44.1 Å². The van der Waals surface area contributed by atoms with E-state index in [-0.39, 0.29) is 0 Å². The molecular formula is C22H17N2O+. The van der Waals surface area contributed by atoms with Gasteiger partial charge in [0.1, 0.15) is 16.9 Å². The van der Waals surface area contributed by atoms with Crippen molar-refractivity contribution in [2.24, 2.45) is 7.05 Å². The van der Waals surface area contributed by atoms with Gasteiger partial charge in [0.2, 0.25) is 0 Å². The highest BCUT2D eigenvalue weighted by atomic mass is 16.3. The highest BCUT2D eigenvalue weighted by molar-refractivity contribution is 6.11. The molecule has 0 saturated carbocycles. The van der Waals surface area contributed by atoms with E-state index in [2.05, 4.69) is 52.9 Å². The first-order chi connectivity index (χ1) is 12.2. The summed E-state index contributed by atoms with van der Waals surface area (Å²) in [5.74, 6) is 0. The lowest BCUT2D eigenvalue weighted by Gasteiger charge is -2.09. The summed E-state index contributed by atoms with van der Waals surface area (Å²) in [6.45, 7) is 2.14. The minimum absolute atomic E-state index is 0.922. The fraction of sp³-hybridized carbons (Fsp3) is 0.0909. The zero-order valence-electron chi connectivity index (χ0n) is 14.2. The molecule has 0 bridgehead atoms. The van der Waals surface area contributed by atoms with Crippen molar-refractivity contribution >= 4 is 32.8 Å². The van der Waals surface area contributed by atoms with E-state index in [1.54, 1.807) is 0 Å². The summed E-state index contributed by atoms with van der Waals surface area (Å²) in [5.41, 5.74) is 6.31. The molecule has 2 heterocycles. The van der Waals surface area contributed by atoms with Crippen molar-refractivity contribution < 1.29 is 8.98 Å². The van der Waals surface area contributed by atoms with Crippen molar-refractivity contribution in [2.45, 2.75) is 6.92 Å². The number of aromatic nitrogens is 2. The monoisotopic (exact) mass is 325 g/mol. The van der Waals surface area contributed by atoms with Crippen LogP contribution in [0.2, 0.25) is 0 Å². The Morgan fingerprint density at radius 1 is 0.840 bits per heavy atom. The van der Waals surface area contributed by atoms with Crippen LogP contribution in [0.4, 0.5) is 0 Å². The molecule has 5 aromatic rings. The fourth-order valence-corrected chi connectivity index (χ4v) is 3.68. The van der Waals surface area contributed by atoms with Crippen LogP contribution in [0.5, 0.6) is 0 Å². The van der Waals surface area contributed by atoms with E-state index in [1.807, 2.05) is 37.6 Å². The summed E-state index contributed by atoms with van der Waals surface area (Å²) in [6.07, 6.45) is 1.87. The summed E-state index contributed by atoms with van der Waals surface area (Å²) >= 11 is 0. The number of hydrogen-bond acceptors (Lipinski definition) is 2. The van der Waals surface area contributed by atoms with Gasteiger partial charge in [-0.15, -0.1) is 0 Å². The maximum Gasteiger partial charge on any atom is 0.287 e. The molecule has 3 heteroatoms. The maximum atomic E-state index is 6.29. The molecule has 0 fully saturated rings. The number of aryl methyl sites for hydroxylation is 2. The molecule has 0 aliphatic heterocycles. The SMILES string of the molecule is Cc1ccc2c(oc3ccccc32)c1-c1c2ccccc2nc[n+]1C. The highest BCUT2D eigenvalue weighted by Crippen LogP contribution is 2.38. The number of nitrogens with zero attached hydrogens (tertiary/aromatic N) is 2. The molecule has 0 aliphatic rings. The standard InChI is InChI=1S/C22H17N2O/c1-14-11-12-16-15-7-4-6-10-19(15)25-22(16)20(14)21-17-8-3-5-9-18(17)23-13-24(21)2/h3-13H,1-2H3/q+1. The molecule has 0 radical (unpaired) electrons. The average molecular weight is 325 g/mol. The predicted octanol–water partition coefficient (Wildman–Crippen LogP) is 4.93. The number of para-hydroxylation sites is 2. The van der Waals surface area contributed by atoms with Gasteiger partial charge < -0.3 is 4.42 Å². The van der Waals surface area contributed by atoms with Crippen LogP contribution in [-0.2, 0) is 7.05 Å². The lowest BCUT2D eigenvalue weighted by atomic mass is 9.98. The number of hydrogen-bond donors (Lipinski definition) is 0. The second kappa shape index (κ2) is 5.15. The normalized spacial score (nSPS) is 11.6. The molecule has 5 rings (SSSR count). The highest BCUT2D eigenvalue weighted by Gasteiger charge is 2.21. The molecule has 0 amide bonds. The van der Waals surface area contributed by atoms with Crippen LogP contribution in [0.3, 0.4) is 0 Å². The first-order valence-electron chi connectivity index (χ1n) is 8.38. The van der Waals surface area contributed by atoms with Gasteiger partial charge in [-0.05, 0) is 35.7 Å². The Bertz CT molecular complexity index is 1270. The third-order valence-corrected chi connectivity index (χ3v) is 4.87. The molecular weight excluding hydrogens is 308 g/mol. The van der Waals surface area contributed by atoms with Crippen LogP contribution in [0.1, 0.15) is 5.56 Å². The molecule has 0 atom stereocenters. The number of benzene rings is 3. The summed E-state index contributed by atoms with van der Waals surface area (Å²) in [7, 11) is 2.04. The molecule has 0 spiro atoms. The van der Waals surface area contributed by atoms with Gasteiger partial charge in [-0.1, -0.05) is 42.5 Å². The van der Waals surface area contributed by atoms with E-state index in [4.69, 9.17) is 4.42 Å². The Balaban J connectivity index is 2.00. The summed E-state index contributed by atoms with van der Waals surface area (Å²) < 4.78 is 8.37. The quantitative estimate of drug-likeness (QED) is 0.409. The van der Waals surface area contributed by atoms with Crippen molar-refractivity contribution in [2.75, 3.05) is 0 Å². The van der Waals surface area contributed by atoms with Crippen molar-refractivity contribution in [3.05, 3.63) is 72.6 Å². The summed E-state index contributed by atoms with van der Waals surface area (Å²) in [5, 5.41) is 3.43. The third kappa shape index (κ3) is 1.99. The zero-order chi connectivity index (χ0) is 17.0. The molecule has 0 N–H and O–H groups in total. The van der Waals surface area contributed by atoms with E-state index in [1.165, 1.54) is 5.56 Å². The van der Waals surface area contributed by atoms with Crippen LogP contribution >= 0.6 is 0 Å². The van der Waals surface area contributed by atoms with Gasteiger partial charge in [0.25, 0.3) is 6.33 Å². The number of fused-ring (bicyclic) bond motifs is 4. The van der Waals surface area contributed by atoms with Gasteiger partial charge in [-0.25, -0.2) is 4.57 Å². The molecule has 25 heavy (non-hydrogen) atoms. The fourth-order valence-electron chi connectivity index (χ4n) is 3.68. The Hall–Kier alpha value is -3.20. The van der Waals surface area contributed by atoms with Gasteiger partial charge in [0, 0.05) is 10.8 Å². The molecule has 3 aromatic carbocycles. The third-order valence-electron chi connectivity index (χ3n) is 4.87. The second-order valence-corrected chi connectivity index (χ2v) is 6.45. The number of rotatable bonds is 1. The lowest BCUT2D eigenvalue weighted by molar-refractivity contribution is -0.662. The Morgan fingerprint density at radius 2 is 1.60 bits per heavy atom. The van der Waals surface area contributed by atoms with Crippen LogP contribution < -0.4 is 4.57 Å². The van der Waals surface area contributed by atoms with Gasteiger partial charge in [-0.2, -0.15) is 0 Å². The van der Waals surface area contributed by atoms with Crippen LogP contribution in [0.15, 0.2) is 71.4 Å². The van der Waals surface area contributed by atoms with Crippen molar-refractivity contribution in [3.63, 3.8) is 0 Å². The summed E-state index contributed by atoms with van der Waals surface area (Å²) in [4.78, 5) is 4.55. The Morgan fingerprint density at radius 3 is 2.48 bits per heavy atom. The molecule has 120 valence electrons. The average Bonchev–Trinajstić information content (AvgIpc) is 3.01. The first kappa shape index (κ1) is 14.2. The van der Waals surface area contributed by atoms with Crippen molar-refractivity contribution in [1.29, 1.82) is 0 Å². The minimum Gasteiger partial charge on any atom is -0.455 e. The van der Waals surface area contributed by atoms with Crippen LogP contribution in [0, 0.1) is 6.92 Å². The van der Waals surface area contributed by atoms with E-state index in [0.29, 0.717) is 0 Å². The Labute approximate surface area is 145 Å². The molecule has 0 unspecified atom stereocenters. The van der Waals surface area contributed by atoms with E-state index in [9.17, 15) is 0 Å². The van der Waals surface area contributed by atoms with Crippen molar-refractivity contribution in [3.8, 4) is 11.3 Å². The lowest BCUT2D eigenvalue weighted by Crippen LogP contribution is -2.31. The first-order valence-corrected chi connectivity index (χ1v) is 8.38. The number of furan rings is 1. The molecule has 0 aliphatic carbocycles. The van der Waals surface area contributed by atoms with Gasteiger partial charge >= 0.3 is 0 Å². The van der Waals surface area contributed by atoms with E-state index < -0.39 is 0 Å². The largest absolute Gasteiger partial charge is 0.455 e. The van der Waals surface area contributed by atoms with Crippen LogP contribution in [-0.4, -0.2) is 4.98 Å². The molecule has 3 nitrogen and oxygen atoms in total. The molecule has 2 aromatic heterocycles.